The third kappa shape index (κ3) is 2.40. The maximum Gasteiger partial charge on any atom is 0.139 e. The lowest BCUT2D eigenvalue weighted by atomic mass is 10.2. The minimum absolute atomic E-state index is 0.0821. The van der Waals surface area contributed by atoms with Crippen molar-refractivity contribution < 1.29 is 5.48 Å². The topological polar surface area (TPSA) is 30.9 Å². The first-order valence-corrected chi connectivity index (χ1v) is 8.19. The van der Waals surface area contributed by atoms with Gasteiger partial charge in [-0.25, -0.2) is 4.99 Å². The molecule has 2 aliphatic heterocycles. The van der Waals surface area contributed by atoms with Gasteiger partial charge in [0.25, 0.3) is 0 Å². The maximum absolute atomic E-state index is 8.29. The molecule has 0 spiro atoms. The van der Waals surface area contributed by atoms with Gasteiger partial charge in [-0.15, -0.1) is 11.3 Å². The van der Waals surface area contributed by atoms with Crippen molar-refractivity contribution >= 4 is 33.5 Å². The van der Waals surface area contributed by atoms with E-state index >= 15 is 0 Å². The number of aryl methyl sites for hydroxylation is 1. The second kappa shape index (κ2) is 5.41. The number of benzene rings is 1. The number of anilines is 2. The van der Waals surface area contributed by atoms with E-state index in [1.165, 1.54) is 0 Å². The monoisotopic (exact) mass is 316 g/mol. The quantitative estimate of drug-likeness (QED) is 0.808. The Morgan fingerprint density at radius 2 is 2.00 bits per heavy atom. The Kier molecular flexibility index (Phi) is 2.46. The number of hydrogen-bond donors (Lipinski definition) is 1. The predicted molar refractivity (Wildman–Crippen MR) is 94.0 cm³/mol. The summed E-state index contributed by atoms with van der Waals surface area (Å²) in [5.41, 5.74) is 1.60. The average molecular weight is 316 g/mol. The van der Waals surface area contributed by atoms with Crippen LogP contribution in [0.1, 0.15) is 15.9 Å². The first kappa shape index (κ1) is 10.0. The van der Waals surface area contributed by atoms with Crippen molar-refractivity contribution in [2.24, 2.45) is 4.99 Å². The Morgan fingerprint density at radius 1 is 1.23 bits per heavy atom. The summed E-state index contributed by atoms with van der Waals surface area (Å²) in [7, 11) is 2.10. The van der Waals surface area contributed by atoms with Crippen molar-refractivity contribution in [2.75, 3.05) is 38.5 Å². The van der Waals surface area contributed by atoms with Crippen LogP contribution >= 0.6 is 11.3 Å². The van der Waals surface area contributed by atoms with Gasteiger partial charge in [-0.3, -0.25) is 0 Å². The number of nitrogens with one attached hydrogen (secondary N) is 1. The number of rotatable bonds is 0. The Morgan fingerprint density at radius 3 is 2.82 bits per heavy atom. The van der Waals surface area contributed by atoms with Gasteiger partial charge in [-0.05, 0) is 32.1 Å². The van der Waals surface area contributed by atoms with Gasteiger partial charge in [0.1, 0.15) is 10.8 Å². The summed E-state index contributed by atoms with van der Waals surface area (Å²) in [6.07, 6.45) is 0. The maximum atomic E-state index is 8.29. The van der Waals surface area contributed by atoms with Crippen LogP contribution in [-0.4, -0.2) is 48.9 Å². The number of para-hydroxylation sites is 2. The van der Waals surface area contributed by atoms with Crippen LogP contribution in [0.4, 0.5) is 16.4 Å². The van der Waals surface area contributed by atoms with Crippen molar-refractivity contribution in [1.29, 1.82) is 0 Å². The van der Waals surface area contributed by atoms with Crippen LogP contribution in [0.15, 0.2) is 35.2 Å². The van der Waals surface area contributed by atoms with Gasteiger partial charge < -0.3 is 15.1 Å². The molecule has 1 N–H and O–H groups in total. The highest BCUT2D eigenvalue weighted by atomic mass is 32.1. The zero-order chi connectivity index (χ0) is 18.6. The van der Waals surface area contributed by atoms with Crippen molar-refractivity contribution in [2.45, 2.75) is 6.92 Å². The van der Waals surface area contributed by atoms with Crippen LogP contribution in [0.3, 0.4) is 0 Å². The van der Waals surface area contributed by atoms with Crippen LogP contribution in [0.25, 0.3) is 0 Å². The Bertz CT molecular complexity index is 916. The lowest BCUT2D eigenvalue weighted by Crippen LogP contribution is -2.47. The van der Waals surface area contributed by atoms with E-state index in [1.54, 1.807) is 11.3 Å². The number of aliphatic imine (C=N–C) groups is 1. The lowest BCUT2D eigenvalue weighted by Gasteiger charge is -2.34. The fourth-order valence-corrected chi connectivity index (χ4v) is 3.70. The summed E-state index contributed by atoms with van der Waals surface area (Å²) in [6, 6.07) is 1.40. The summed E-state index contributed by atoms with van der Waals surface area (Å²) >= 11 is 1.58. The number of amidine groups is 1. The highest BCUT2D eigenvalue weighted by molar-refractivity contribution is 7.16. The smallest absolute Gasteiger partial charge is 0.139 e. The molecule has 22 heavy (non-hydrogen) atoms. The zero-order valence-electron chi connectivity index (χ0n) is 16.7. The van der Waals surface area contributed by atoms with Crippen molar-refractivity contribution in [3.8, 4) is 0 Å². The van der Waals surface area contributed by atoms with Gasteiger partial charge in [0.2, 0.25) is 0 Å². The molecule has 1 fully saturated rings. The molecule has 4 rings (SSSR count). The van der Waals surface area contributed by atoms with Gasteiger partial charge in [0, 0.05) is 31.1 Å². The molecule has 0 amide bonds. The van der Waals surface area contributed by atoms with Crippen LogP contribution in [-0.2, 0) is 0 Å². The van der Waals surface area contributed by atoms with E-state index in [-0.39, 0.29) is 29.9 Å². The Hall–Kier alpha value is -1.85. The molecule has 4 nitrogen and oxygen atoms in total. The summed E-state index contributed by atoms with van der Waals surface area (Å²) < 4.78 is 32.5. The molecule has 3 heterocycles. The second-order valence-corrected chi connectivity index (χ2v) is 6.93. The molecule has 2 aromatic rings. The third-order valence-electron chi connectivity index (χ3n) is 4.02. The largest absolute Gasteiger partial charge is 0.353 e. The number of nitrogens with zero attached hydrogens (tertiary/aromatic N) is 3. The van der Waals surface area contributed by atoms with E-state index < -0.39 is 0 Å². The summed E-state index contributed by atoms with van der Waals surface area (Å²) in [4.78, 5) is 10.4. The number of likely N-dealkylation sites (N-methyl/N-ethyl adjacent to an activating group) is 1. The molecular weight excluding hydrogens is 292 g/mol. The molecule has 1 aromatic carbocycles. The van der Waals surface area contributed by atoms with Crippen molar-refractivity contribution in [1.82, 2.24) is 9.80 Å². The van der Waals surface area contributed by atoms with E-state index in [4.69, 9.17) is 10.5 Å². The lowest BCUT2D eigenvalue weighted by molar-refractivity contribution is 0.216. The predicted octanol–water partition coefficient (Wildman–Crippen LogP) is 3.44. The van der Waals surface area contributed by atoms with Gasteiger partial charge >= 0.3 is 0 Å². The van der Waals surface area contributed by atoms with Crippen molar-refractivity contribution in [3.05, 3.63) is 40.7 Å². The van der Waals surface area contributed by atoms with E-state index in [0.29, 0.717) is 5.69 Å². The molecule has 0 unspecified atom stereocenters. The van der Waals surface area contributed by atoms with Gasteiger partial charge in [-0.1, -0.05) is 12.1 Å². The summed E-state index contributed by atoms with van der Waals surface area (Å²) in [5.74, 6) is 0.786. The molecule has 0 atom stereocenters. The van der Waals surface area contributed by atoms with Crippen LogP contribution in [0.2, 0.25) is 0 Å². The molecule has 5 heteroatoms. The minimum atomic E-state index is -0.251. The van der Waals surface area contributed by atoms with Gasteiger partial charge in [-0.2, -0.15) is 0 Å². The molecule has 1 saturated heterocycles. The molecule has 0 saturated carbocycles. The van der Waals surface area contributed by atoms with Crippen LogP contribution in [0.5, 0.6) is 0 Å². The number of thiophene rings is 1. The first-order valence-electron chi connectivity index (χ1n) is 9.37. The van der Waals surface area contributed by atoms with E-state index in [2.05, 4.69) is 28.2 Å². The van der Waals surface area contributed by atoms with Gasteiger partial charge in [0.05, 0.1) is 22.4 Å². The van der Waals surface area contributed by atoms with Crippen molar-refractivity contribution in [3.63, 3.8) is 0 Å². The Labute approximate surface area is 140 Å². The number of hydrogen-bond acceptors (Lipinski definition) is 5. The first-order chi connectivity index (χ1) is 12.4. The normalized spacial score (nSPS) is 20.6. The number of piperazine rings is 1. The zero-order valence-corrected chi connectivity index (χ0v) is 13.5. The Balaban J connectivity index is 1.93. The fourth-order valence-electron chi connectivity index (χ4n) is 2.79. The second-order valence-electron chi connectivity index (χ2n) is 5.67. The average Bonchev–Trinajstić information content (AvgIpc) is 2.91. The molecule has 114 valence electrons. The van der Waals surface area contributed by atoms with Crippen LogP contribution < -0.4 is 5.32 Å². The molecular formula is C17H20N4S. The molecule has 2 aliphatic rings. The summed E-state index contributed by atoms with van der Waals surface area (Å²) in [5, 5.41) is 4.11. The fraction of sp³-hybridized carbons (Fsp3) is 0.353. The highest BCUT2D eigenvalue weighted by Crippen LogP contribution is 2.39. The van der Waals surface area contributed by atoms with Gasteiger partial charge in [0.15, 0.2) is 0 Å². The molecule has 0 radical (unpaired) electrons. The standard InChI is InChI=1S/C17H20N4S/c1-12-11-13-16(21-9-7-20(2)8-10-21)18-14-5-3-4-6-15(14)19-17(13)22-12/h3-6,11,19H,7-10H2,1-2H3/i3D,4D,5D,6D. The number of fused-ring (bicyclic) bond motifs is 2. The molecule has 0 aliphatic carbocycles. The summed E-state index contributed by atoms with van der Waals surface area (Å²) in [6.45, 7) is 5.58. The van der Waals surface area contributed by atoms with E-state index in [9.17, 15) is 0 Å². The SMILES string of the molecule is [2H]c1c([2H])c([2H])c2c(c1[2H])N=C(N1CCN(C)CC1)c1cc(C)sc1N2. The highest BCUT2D eigenvalue weighted by Gasteiger charge is 2.25. The molecule has 0 bridgehead atoms. The minimum Gasteiger partial charge on any atom is -0.353 e. The third-order valence-corrected chi connectivity index (χ3v) is 4.99. The van der Waals surface area contributed by atoms with E-state index in [0.717, 1.165) is 47.5 Å². The van der Waals surface area contributed by atoms with E-state index in [1.807, 2.05) is 6.92 Å². The van der Waals surface area contributed by atoms with Crippen LogP contribution in [0, 0.1) is 6.92 Å². The molecule has 1 aromatic heterocycles.